The number of amides is 1. The first-order valence-corrected chi connectivity index (χ1v) is 10.2. The minimum absolute atomic E-state index is 0.0690. The van der Waals surface area contributed by atoms with Gasteiger partial charge in [0.15, 0.2) is 0 Å². The predicted octanol–water partition coefficient (Wildman–Crippen LogP) is 3.58. The summed E-state index contributed by atoms with van der Waals surface area (Å²) in [5.74, 6) is -0.477. The average molecular weight is 459 g/mol. The van der Waals surface area contributed by atoms with E-state index in [1.807, 2.05) is 5.10 Å². The zero-order chi connectivity index (χ0) is 22.1. The maximum atomic E-state index is 12.8. The number of nitrogens with one attached hydrogen (secondary N) is 2. The summed E-state index contributed by atoms with van der Waals surface area (Å²) in [6.07, 6.45) is -4.75. The van der Waals surface area contributed by atoms with Crippen LogP contribution in [-0.4, -0.2) is 24.5 Å². The molecule has 0 atom stereocenters. The van der Waals surface area contributed by atoms with Crippen LogP contribution in [0.15, 0.2) is 53.4 Å². The Bertz CT molecular complexity index is 1210. The van der Waals surface area contributed by atoms with Gasteiger partial charge in [0.25, 0.3) is 0 Å². The monoisotopic (exact) mass is 458 g/mol. The van der Waals surface area contributed by atoms with Crippen LogP contribution in [0.3, 0.4) is 0 Å². The molecule has 158 valence electrons. The summed E-state index contributed by atoms with van der Waals surface area (Å²) in [6, 6.07) is 11.0. The predicted molar refractivity (Wildman–Crippen MR) is 104 cm³/mol. The molecule has 0 unspecified atom stereocenters. The van der Waals surface area contributed by atoms with Crippen LogP contribution < -0.4 is 10.5 Å². The van der Waals surface area contributed by atoms with Crippen molar-refractivity contribution in [3.8, 4) is 11.3 Å². The van der Waals surface area contributed by atoms with Crippen molar-refractivity contribution >= 4 is 33.2 Å². The molecule has 0 aliphatic rings. The number of alkyl halides is 3. The van der Waals surface area contributed by atoms with Crippen molar-refractivity contribution in [2.75, 3.05) is 5.32 Å². The maximum absolute atomic E-state index is 12.8. The van der Waals surface area contributed by atoms with Gasteiger partial charge in [-0.05, 0) is 35.9 Å². The minimum atomic E-state index is -4.68. The smallest absolute Gasteiger partial charge is 0.326 e. The van der Waals surface area contributed by atoms with Gasteiger partial charge in [-0.25, -0.2) is 13.6 Å². The first-order chi connectivity index (χ1) is 13.9. The number of rotatable bonds is 5. The number of carbonyl (C=O) groups excluding carboxylic acids is 1. The fraction of sp³-hybridized carbons (Fsp3) is 0.111. The Labute approximate surface area is 174 Å². The van der Waals surface area contributed by atoms with Gasteiger partial charge in [-0.15, -0.1) is 0 Å². The number of sulfonamides is 1. The van der Waals surface area contributed by atoms with Gasteiger partial charge >= 0.3 is 6.18 Å². The number of H-pyrrole nitrogens is 1. The number of hydrogen-bond donors (Lipinski definition) is 3. The third-order valence-corrected chi connectivity index (χ3v) is 5.36. The Morgan fingerprint density at radius 1 is 1.17 bits per heavy atom. The van der Waals surface area contributed by atoms with Crippen molar-refractivity contribution in [2.45, 2.75) is 17.5 Å². The molecule has 30 heavy (non-hydrogen) atoms. The molecule has 1 aromatic heterocycles. The lowest BCUT2D eigenvalue weighted by Gasteiger charge is -2.11. The van der Waals surface area contributed by atoms with Crippen molar-refractivity contribution in [1.82, 2.24) is 10.2 Å². The summed E-state index contributed by atoms with van der Waals surface area (Å²) in [7, 11) is -4.34. The molecule has 0 bridgehead atoms. The lowest BCUT2D eigenvalue weighted by atomic mass is 10.1. The third-order valence-electron chi connectivity index (χ3n) is 4.04. The van der Waals surface area contributed by atoms with E-state index in [1.54, 1.807) is 24.3 Å². The highest BCUT2D eigenvalue weighted by atomic mass is 35.5. The molecule has 0 saturated carbocycles. The average Bonchev–Trinajstić information content (AvgIpc) is 3.13. The molecule has 0 saturated heterocycles. The number of nitrogens with two attached hydrogens (primary N) is 1. The van der Waals surface area contributed by atoms with E-state index in [0.717, 1.165) is 6.07 Å². The van der Waals surface area contributed by atoms with E-state index >= 15 is 0 Å². The number of benzene rings is 2. The number of primary sulfonamides is 1. The molecule has 3 aromatic rings. The van der Waals surface area contributed by atoms with Crippen LogP contribution in [0.4, 0.5) is 18.9 Å². The molecule has 0 aliphatic heterocycles. The van der Waals surface area contributed by atoms with Gasteiger partial charge in [-0.3, -0.25) is 9.89 Å². The first kappa shape index (κ1) is 21.8. The van der Waals surface area contributed by atoms with Crippen molar-refractivity contribution < 1.29 is 26.4 Å². The van der Waals surface area contributed by atoms with E-state index in [2.05, 4.69) is 10.4 Å². The van der Waals surface area contributed by atoms with Crippen molar-refractivity contribution in [3.05, 3.63) is 64.8 Å². The quantitative estimate of drug-likeness (QED) is 0.541. The molecule has 7 nitrogen and oxygen atoms in total. The van der Waals surface area contributed by atoms with E-state index in [-0.39, 0.29) is 23.4 Å². The number of aromatic nitrogens is 2. The standard InChI is InChI=1S/C18H14ClF3N4O3S/c19-13-4-2-1-3-10(13)7-17(27)24-11-5-6-12(15(8-11)30(23,28)29)14-9-16(26-25-14)18(20,21)22/h1-6,8-9H,7H2,(H,24,27)(H,25,26)(H2,23,28,29). The van der Waals surface area contributed by atoms with E-state index in [9.17, 15) is 26.4 Å². The largest absolute Gasteiger partial charge is 0.432 e. The Morgan fingerprint density at radius 2 is 1.87 bits per heavy atom. The topological polar surface area (TPSA) is 118 Å². The van der Waals surface area contributed by atoms with Crippen LogP contribution >= 0.6 is 11.6 Å². The molecule has 3 rings (SSSR count). The maximum Gasteiger partial charge on any atom is 0.432 e. The molecule has 0 fully saturated rings. The van der Waals surface area contributed by atoms with Gasteiger partial charge in [0.1, 0.15) is 5.69 Å². The van der Waals surface area contributed by atoms with Crippen molar-refractivity contribution in [1.29, 1.82) is 0 Å². The van der Waals surface area contributed by atoms with Crippen LogP contribution in [0.1, 0.15) is 11.3 Å². The number of halogens is 4. The van der Waals surface area contributed by atoms with Gasteiger partial charge in [-0.1, -0.05) is 29.8 Å². The van der Waals surface area contributed by atoms with Gasteiger partial charge in [0.2, 0.25) is 15.9 Å². The summed E-state index contributed by atoms with van der Waals surface area (Å²) >= 11 is 6.01. The number of carbonyl (C=O) groups is 1. The van der Waals surface area contributed by atoms with Crippen molar-refractivity contribution in [3.63, 3.8) is 0 Å². The van der Waals surface area contributed by atoms with Crippen molar-refractivity contribution in [2.24, 2.45) is 5.14 Å². The molecular formula is C18H14ClF3N4O3S. The van der Waals surface area contributed by atoms with Crippen LogP contribution in [-0.2, 0) is 27.4 Å². The Morgan fingerprint density at radius 3 is 2.47 bits per heavy atom. The second-order valence-corrected chi connectivity index (χ2v) is 8.17. The highest BCUT2D eigenvalue weighted by Gasteiger charge is 2.33. The number of hydrogen-bond acceptors (Lipinski definition) is 4. The molecule has 2 aromatic carbocycles. The Kier molecular flexibility index (Phi) is 5.88. The summed E-state index contributed by atoms with van der Waals surface area (Å²) < 4.78 is 62.4. The summed E-state index contributed by atoms with van der Waals surface area (Å²) in [4.78, 5) is 11.8. The van der Waals surface area contributed by atoms with Crippen LogP contribution in [0, 0.1) is 0 Å². The lowest BCUT2D eigenvalue weighted by Crippen LogP contribution is -2.17. The molecule has 1 heterocycles. The van der Waals surface area contributed by atoms with Gasteiger partial charge in [-0.2, -0.15) is 18.3 Å². The zero-order valence-corrected chi connectivity index (χ0v) is 16.6. The minimum Gasteiger partial charge on any atom is -0.326 e. The molecule has 0 spiro atoms. The van der Waals surface area contributed by atoms with Gasteiger partial charge in [0.05, 0.1) is 17.0 Å². The van der Waals surface area contributed by atoms with Crippen LogP contribution in [0.25, 0.3) is 11.3 Å². The zero-order valence-electron chi connectivity index (χ0n) is 15.0. The number of anilines is 1. The molecule has 12 heteroatoms. The molecule has 1 amide bonds. The summed E-state index contributed by atoms with van der Waals surface area (Å²) in [5.41, 5.74) is -0.897. The SMILES string of the molecule is NS(=O)(=O)c1cc(NC(=O)Cc2ccccc2Cl)ccc1-c1cc(C(F)(F)F)[nH]n1. The lowest BCUT2D eigenvalue weighted by molar-refractivity contribution is -0.141. The number of aromatic amines is 1. The highest BCUT2D eigenvalue weighted by Crippen LogP contribution is 2.33. The normalized spacial score (nSPS) is 12.0. The van der Waals surface area contributed by atoms with Crippen LogP contribution in [0.5, 0.6) is 0 Å². The van der Waals surface area contributed by atoms with Crippen LogP contribution in [0.2, 0.25) is 5.02 Å². The molecule has 4 N–H and O–H groups in total. The Balaban J connectivity index is 1.91. The van der Waals surface area contributed by atoms with E-state index in [0.29, 0.717) is 16.7 Å². The van der Waals surface area contributed by atoms with E-state index in [1.165, 1.54) is 12.1 Å². The molecule has 0 radical (unpaired) electrons. The second-order valence-electron chi connectivity index (χ2n) is 6.24. The first-order valence-electron chi connectivity index (χ1n) is 8.28. The number of nitrogens with zero attached hydrogens (tertiary/aromatic N) is 1. The summed E-state index contributed by atoms with van der Waals surface area (Å²) in [5, 5.41) is 13.4. The highest BCUT2D eigenvalue weighted by molar-refractivity contribution is 7.89. The third kappa shape index (κ3) is 4.99. The van der Waals surface area contributed by atoms with Gasteiger partial charge in [0, 0.05) is 16.3 Å². The summed E-state index contributed by atoms with van der Waals surface area (Å²) in [6.45, 7) is 0. The second kappa shape index (κ2) is 8.09. The Hall–Kier alpha value is -2.89. The fourth-order valence-corrected chi connectivity index (χ4v) is 3.64. The fourth-order valence-electron chi connectivity index (χ4n) is 2.67. The van der Waals surface area contributed by atoms with E-state index in [4.69, 9.17) is 16.7 Å². The molecule has 0 aliphatic carbocycles. The van der Waals surface area contributed by atoms with E-state index < -0.39 is 32.7 Å². The molecular weight excluding hydrogens is 445 g/mol. The van der Waals surface area contributed by atoms with Gasteiger partial charge < -0.3 is 5.32 Å².